The maximum atomic E-state index is 12.7. The summed E-state index contributed by atoms with van der Waals surface area (Å²) in [7, 11) is 0. The maximum absolute atomic E-state index is 12.7. The summed E-state index contributed by atoms with van der Waals surface area (Å²) in [6.07, 6.45) is 0.501. The molecule has 0 radical (unpaired) electrons. The third-order valence-corrected chi connectivity index (χ3v) is 4.43. The standard InChI is InChI=1S/C19H28N2O2/c1-13(2)12-18(22)20-10-11-21(19(23)15(20)5)17-8-6-16(7-9-17)14(3)4/h6-9,13-15H,10-12H2,1-5H3/t15-/m0/s1. The molecular weight excluding hydrogens is 288 g/mol. The molecule has 0 aliphatic carbocycles. The van der Waals surface area contributed by atoms with E-state index in [9.17, 15) is 9.59 Å². The summed E-state index contributed by atoms with van der Waals surface area (Å²) in [5.74, 6) is 0.872. The van der Waals surface area contributed by atoms with Crippen molar-refractivity contribution in [2.75, 3.05) is 18.0 Å². The summed E-state index contributed by atoms with van der Waals surface area (Å²) in [6, 6.07) is 7.78. The second-order valence-electron chi connectivity index (χ2n) is 7.10. The monoisotopic (exact) mass is 316 g/mol. The van der Waals surface area contributed by atoms with Gasteiger partial charge >= 0.3 is 0 Å². The molecule has 23 heavy (non-hydrogen) atoms. The minimum absolute atomic E-state index is 0.00523. The van der Waals surface area contributed by atoms with E-state index < -0.39 is 0 Å². The molecule has 1 atom stereocenters. The van der Waals surface area contributed by atoms with E-state index in [1.807, 2.05) is 32.9 Å². The zero-order chi connectivity index (χ0) is 17.1. The Balaban J connectivity index is 2.10. The Morgan fingerprint density at radius 1 is 1.13 bits per heavy atom. The van der Waals surface area contributed by atoms with Crippen molar-refractivity contribution in [1.29, 1.82) is 0 Å². The van der Waals surface area contributed by atoms with Crippen LogP contribution in [0.2, 0.25) is 0 Å². The molecule has 2 rings (SSSR count). The van der Waals surface area contributed by atoms with Gasteiger partial charge in [-0.15, -0.1) is 0 Å². The minimum atomic E-state index is -0.389. The molecule has 4 heteroatoms. The predicted molar refractivity (Wildman–Crippen MR) is 93.5 cm³/mol. The van der Waals surface area contributed by atoms with E-state index in [4.69, 9.17) is 0 Å². The first-order valence-electron chi connectivity index (χ1n) is 8.52. The van der Waals surface area contributed by atoms with Crippen LogP contribution in [0.5, 0.6) is 0 Å². The van der Waals surface area contributed by atoms with Gasteiger partial charge in [0, 0.05) is 25.2 Å². The number of benzene rings is 1. The maximum Gasteiger partial charge on any atom is 0.249 e. The van der Waals surface area contributed by atoms with Crippen LogP contribution < -0.4 is 4.90 Å². The molecule has 0 spiro atoms. The van der Waals surface area contributed by atoms with Crippen LogP contribution in [0.1, 0.15) is 52.5 Å². The first-order chi connectivity index (χ1) is 10.8. The predicted octanol–water partition coefficient (Wildman–Crippen LogP) is 3.42. The zero-order valence-electron chi connectivity index (χ0n) is 14.9. The van der Waals surface area contributed by atoms with Crippen molar-refractivity contribution in [3.63, 3.8) is 0 Å². The molecule has 1 aliphatic heterocycles. The van der Waals surface area contributed by atoms with E-state index in [0.29, 0.717) is 31.3 Å². The summed E-state index contributed by atoms with van der Waals surface area (Å²) < 4.78 is 0. The summed E-state index contributed by atoms with van der Waals surface area (Å²) in [4.78, 5) is 28.5. The van der Waals surface area contributed by atoms with Gasteiger partial charge in [-0.05, 0) is 36.5 Å². The Labute approximate surface area is 139 Å². The molecule has 1 saturated heterocycles. The van der Waals surface area contributed by atoms with Crippen molar-refractivity contribution < 1.29 is 9.59 Å². The number of carbonyl (C=O) groups excluding carboxylic acids is 2. The molecule has 1 fully saturated rings. The van der Waals surface area contributed by atoms with Gasteiger partial charge in [0.1, 0.15) is 6.04 Å². The fourth-order valence-electron chi connectivity index (χ4n) is 2.97. The number of anilines is 1. The summed E-state index contributed by atoms with van der Waals surface area (Å²) in [5, 5.41) is 0. The lowest BCUT2D eigenvalue weighted by atomic mass is 10.0. The van der Waals surface area contributed by atoms with Crippen LogP contribution in [0.3, 0.4) is 0 Å². The van der Waals surface area contributed by atoms with Crippen LogP contribution in [0.4, 0.5) is 5.69 Å². The number of hydrogen-bond donors (Lipinski definition) is 0. The second-order valence-corrected chi connectivity index (χ2v) is 7.10. The Kier molecular flexibility index (Phi) is 5.45. The molecule has 126 valence electrons. The van der Waals surface area contributed by atoms with Gasteiger partial charge in [0.05, 0.1) is 0 Å². The van der Waals surface area contributed by atoms with Crippen molar-refractivity contribution in [3.8, 4) is 0 Å². The van der Waals surface area contributed by atoms with Crippen molar-refractivity contribution in [2.45, 2.75) is 53.0 Å². The number of hydrogen-bond acceptors (Lipinski definition) is 2. The number of nitrogens with zero attached hydrogens (tertiary/aromatic N) is 2. The van der Waals surface area contributed by atoms with E-state index in [-0.39, 0.29) is 17.9 Å². The Morgan fingerprint density at radius 3 is 2.26 bits per heavy atom. The first-order valence-corrected chi connectivity index (χ1v) is 8.52. The van der Waals surface area contributed by atoms with Crippen LogP contribution in [0, 0.1) is 5.92 Å². The van der Waals surface area contributed by atoms with E-state index in [1.165, 1.54) is 5.56 Å². The largest absolute Gasteiger partial charge is 0.329 e. The van der Waals surface area contributed by atoms with Crippen molar-refractivity contribution in [2.24, 2.45) is 5.92 Å². The summed E-state index contributed by atoms with van der Waals surface area (Å²) in [6.45, 7) is 11.4. The molecule has 0 N–H and O–H groups in total. The first kappa shape index (κ1) is 17.5. The average molecular weight is 316 g/mol. The van der Waals surface area contributed by atoms with Gasteiger partial charge in [-0.1, -0.05) is 39.8 Å². The van der Waals surface area contributed by atoms with Crippen molar-refractivity contribution in [3.05, 3.63) is 29.8 Å². The van der Waals surface area contributed by atoms with Gasteiger partial charge in [0.15, 0.2) is 0 Å². The van der Waals surface area contributed by atoms with E-state index >= 15 is 0 Å². The third kappa shape index (κ3) is 3.92. The number of amides is 2. The van der Waals surface area contributed by atoms with E-state index in [2.05, 4.69) is 26.0 Å². The smallest absolute Gasteiger partial charge is 0.249 e. The highest BCUT2D eigenvalue weighted by Crippen LogP contribution is 2.24. The van der Waals surface area contributed by atoms with Gasteiger partial charge in [0.25, 0.3) is 0 Å². The summed E-state index contributed by atoms with van der Waals surface area (Å²) >= 11 is 0. The quantitative estimate of drug-likeness (QED) is 0.854. The molecule has 1 aliphatic rings. The molecule has 2 amide bonds. The van der Waals surface area contributed by atoms with Crippen LogP contribution in [-0.2, 0) is 9.59 Å². The Morgan fingerprint density at radius 2 is 1.74 bits per heavy atom. The highest BCUT2D eigenvalue weighted by Gasteiger charge is 2.34. The third-order valence-electron chi connectivity index (χ3n) is 4.43. The second kappa shape index (κ2) is 7.16. The van der Waals surface area contributed by atoms with Gasteiger partial charge in [-0.3, -0.25) is 9.59 Å². The Hall–Kier alpha value is -1.84. The van der Waals surface area contributed by atoms with Crippen molar-refractivity contribution >= 4 is 17.5 Å². The molecule has 0 saturated carbocycles. The fourth-order valence-corrected chi connectivity index (χ4v) is 2.97. The fraction of sp³-hybridized carbons (Fsp3) is 0.579. The number of rotatable bonds is 4. The van der Waals surface area contributed by atoms with Crippen LogP contribution in [0.15, 0.2) is 24.3 Å². The SMILES string of the molecule is CC(C)CC(=O)N1CCN(c2ccc(C(C)C)cc2)C(=O)[C@@H]1C. The molecule has 0 bridgehead atoms. The van der Waals surface area contributed by atoms with Crippen LogP contribution in [0.25, 0.3) is 0 Å². The van der Waals surface area contributed by atoms with Crippen LogP contribution >= 0.6 is 0 Å². The van der Waals surface area contributed by atoms with E-state index in [0.717, 1.165) is 5.69 Å². The normalized spacial score (nSPS) is 18.9. The topological polar surface area (TPSA) is 40.6 Å². The zero-order valence-corrected chi connectivity index (χ0v) is 14.9. The highest BCUT2D eigenvalue weighted by molar-refractivity contribution is 6.00. The van der Waals surface area contributed by atoms with Gasteiger partial charge in [-0.25, -0.2) is 0 Å². The molecule has 0 aromatic heterocycles. The molecule has 1 heterocycles. The Bertz CT molecular complexity index is 563. The van der Waals surface area contributed by atoms with Gasteiger partial charge in [0.2, 0.25) is 11.8 Å². The average Bonchev–Trinajstić information content (AvgIpc) is 2.49. The molecular formula is C19H28N2O2. The number of carbonyl (C=O) groups is 2. The molecule has 4 nitrogen and oxygen atoms in total. The minimum Gasteiger partial charge on any atom is -0.329 e. The van der Waals surface area contributed by atoms with Gasteiger partial charge in [-0.2, -0.15) is 0 Å². The summed E-state index contributed by atoms with van der Waals surface area (Å²) in [5.41, 5.74) is 2.18. The lowest BCUT2D eigenvalue weighted by Crippen LogP contribution is -2.57. The van der Waals surface area contributed by atoms with Crippen molar-refractivity contribution in [1.82, 2.24) is 4.90 Å². The lowest BCUT2D eigenvalue weighted by Gasteiger charge is -2.39. The molecule has 1 aromatic carbocycles. The van der Waals surface area contributed by atoms with Gasteiger partial charge < -0.3 is 9.80 Å². The molecule has 0 unspecified atom stereocenters. The molecule has 1 aromatic rings. The highest BCUT2D eigenvalue weighted by atomic mass is 16.2. The lowest BCUT2D eigenvalue weighted by molar-refractivity contribution is -0.141. The van der Waals surface area contributed by atoms with E-state index in [1.54, 1.807) is 9.80 Å². The van der Waals surface area contributed by atoms with Crippen LogP contribution in [-0.4, -0.2) is 35.8 Å². The number of piperazine rings is 1.